The van der Waals surface area contributed by atoms with Crippen LogP contribution in [0.4, 0.5) is 0 Å². The van der Waals surface area contributed by atoms with Crippen molar-refractivity contribution in [2.45, 2.75) is 40.3 Å². The molecule has 0 spiro atoms. The second kappa shape index (κ2) is 11.9. The Bertz CT molecular complexity index is 917. The summed E-state index contributed by atoms with van der Waals surface area (Å²) in [7, 11) is 0. The quantitative estimate of drug-likeness (QED) is 0.266. The van der Waals surface area contributed by atoms with E-state index >= 15 is 0 Å². The number of thiazole rings is 1. The molecule has 3 aromatic rings. The Kier molecular flexibility index (Phi) is 9.59. The van der Waals surface area contributed by atoms with E-state index in [4.69, 9.17) is 4.99 Å². The number of imidazole rings is 1. The van der Waals surface area contributed by atoms with Crippen molar-refractivity contribution in [1.29, 1.82) is 0 Å². The third-order valence-electron chi connectivity index (χ3n) is 4.33. The van der Waals surface area contributed by atoms with Gasteiger partial charge >= 0.3 is 0 Å². The van der Waals surface area contributed by atoms with E-state index in [1.165, 1.54) is 16.0 Å². The van der Waals surface area contributed by atoms with Gasteiger partial charge in [0.25, 0.3) is 0 Å². The van der Waals surface area contributed by atoms with Gasteiger partial charge in [-0.15, -0.1) is 35.3 Å². The number of guanidine groups is 1. The summed E-state index contributed by atoms with van der Waals surface area (Å²) in [4.78, 5) is 14.7. The van der Waals surface area contributed by atoms with Gasteiger partial charge in [0.05, 0.1) is 11.6 Å². The van der Waals surface area contributed by atoms with Crippen LogP contribution in [0.15, 0.2) is 47.8 Å². The summed E-state index contributed by atoms with van der Waals surface area (Å²) in [5.41, 5.74) is 2.45. The van der Waals surface area contributed by atoms with E-state index in [-0.39, 0.29) is 24.0 Å². The lowest BCUT2D eigenvalue weighted by Crippen LogP contribution is -2.38. The van der Waals surface area contributed by atoms with Crippen LogP contribution in [-0.4, -0.2) is 33.6 Å². The summed E-state index contributed by atoms with van der Waals surface area (Å²) in [6, 6.07) is 8.57. The van der Waals surface area contributed by atoms with E-state index in [9.17, 15) is 0 Å². The molecule has 0 bridgehead atoms. The number of nitrogens with zero attached hydrogens (tertiary/aromatic N) is 4. The molecule has 0 unspecified atom stereocenters. The molecule has 0 radical (unpaired) electrons. The van der Waals surface area contributed by atoms with Crippen LogP contribution in [0.25, 0.3) is 0 Å². The fourth-order valence-corrected chi connectivity index (χ4v) is 3.70. The standard InChI is InChI=1S/C21H28N6S.HI/c1-4-22-21(24-9-8-20-25-13-16(2)28-20)26-14-18-6-5-7-19(12-18)15-27-11-10-23-17(27)3;/h5-7,10-13H,4,8-9,14-15H2,1-3H3,(H2,22,24,26);1H. The zero-order valence-corrected chi connectivity index (χ0v) is 20.3. The fraction of sp³-hybridized carbons (Fsp3) is 0.381. The van der Waals surface area contributed by atoms with Gasteiger partial charge in [0, 0.05) is 49.5 Å². The molecule has 3 rings (SSSR count). The van der Waals surface area contributed by atoms with Gasteiger partial charge in [0.1, 0.15) is 5.82 Å². The number of hydrogen-bond donors (Lipinski definition) is 2. The number of nitrogens with one attached hydrogen (secondary N) is 2. The highest BCUT2D eigenvalue weighted by molar-refractivity contribution is 14.0. The van der Waals surface area contributed by atoms with Crippen LogP contribution in [0.1, 0.15) is 33.8 Å². The van der Waals surface area contributed by atoms with Crippen LogP contribution in [0.2, 0.25) is 0 Å². The largest absolute Gasteiger partial charge is 0.357 e. The Balaban J connectivity index is 0.00000300. The molecule has 0 aliphatic heterocycles. The maximum absolute atomic E-state index is 4.73. The summed E-state index contributed by atoms with van der Waals surface area (Å²) >= 11 is 1.75. The van der Waals surface area contributed by atoms with Crippen LogP contribution in [0.3, 0.4) is 0 Å². The Morgan fingerprint density at radius 1 is 1.17 bits per heavy atom. The predicted octanol–water partition coefficient (Wildman–Crippen LogP) is 3.92. The summed E-state index contributed by atoms with van der Waals surface area (Å²) in [6.07, 6.45) is 6.68. The van der Waals surface area contributed by atoms with Crippen molar-refractivity contribution in [3.05, 3.63) is 69.7 Å². The third kappa shape index (κ3) is 7.43. The second-order valence-corrected chi connectivity index (χ2v) is 7.98. The number of hydrogen-bond acceptors (Lipinski definition) is 4. The summed E-state index contributed by atoms with van der Waals surface area (Å²) in [6.45, 7) is 9.31. The lowest BCUT2D eigenvalue weighted by molar-refractivity contribution is 0.760. The molecule has 29 heavy (non-hydrogen) atoms. The van der Waals surface area contributed by atoms with Crippen molar-refractivity contribution < 1.29 is 0 Å². The lowest BCUT2D eigenvalue weighted by atomic mass is 10.1. The van der Waals surface area contributed by atoms with E-state index in [1.807, 2.05) is 25.5 Å². The smallest absolute Gasteiger partial charge is 0.191 e. The topological polar surface area (TPSA) is 67.1 Å². The Morgan fingerprint density at radius 3 is 2.69 bits per heavy atom. The number of aryl methyl sites for hydroxylation is 2. The number of aromatic nitrogens is 3. The first-order chi connectivity index (χ1) is 13.6. The molecule has 156 valence electrons. The fourth-order valence-electron chi connectivity index (χ4n) is 2.91. The highest BCUT2D eigenvalue weighted by atomic mass is 127. The molecule has 2 heterocycles. The van der Waals surface area contributed by atoms with E-state index in [0.717, 1.165) is 42.8 Å². The number of aliphatic imine (C=N–C) groups is 1. The number of halogens is 1. The van der Waals surface area contributed by atoms with Crippen molar-refractivity contribution in [3.8, 4) is 0 Å². The molecule has 0 aliphatic carbocycles. The van der Waals surface area contributed by atoms with Crippen molar-refractivity contribution in [2.75, 3.05) is 13.1 Å². The Hall–Kier alpha value is -1.94. The zero-order chi connectivity index (χ0) is 19.8. The molecule has 1 aromatic carbocycles. The number of rotatable bonds is 8. The molecular formula is C21H29IN6S. The minimum atomic E-state index is 0. The Morgan fingerprint density at radius 2 is 2.00 bits per heavy atom. The average molecular weight is 524 g/mol. The molecule has 6 nitrogen and oxygen atoms in total. The van der Waals surface area contributed by atoms with Crippen LogP contribution in [0, 0.1) is 13.8 Å². The van der Waals surface area contributed by atoms with E-state index in [1.54, 1.807) is 11.3 Å². The van der Waals surface area contributed by atoms with Gasteiger partial charge in [-0.2, -0.15) is 0 Å². The van der Waals surface area contributed by atoms with Gasteiger partial charge in [-0.3, -0.25) is 0 Å². The summed E-state index contributed by atoms with van der Waals surface area (Å²) in [5.74, 6) is 1.86. The monoisotopic (exact) mass is 524 g/mol. The molecule has 0 saturated carbocycles. The van der Waals surface area contributed by atoms with E-state index < -0.39 is 0 Å². The van der Waals surface area contributed by atoms with Crippen molar-refractivity contribution >= 4 is 41.3 Å². The minimum absolute atomic E-state index is 0. The van der Waals surface area contributed by atoms with Crippen molar-refractivity contribution in [2.24, 2.45) is 4.99 Å². The molecule has 0 saturated heterocycles. The lowest BCUT2D eigenvalue weighted by Gasteiger charge is -2.11. The molecule has 2 aromatic heterocycles. The average Bonchev–Trinajstić information content (AvgIpc) is 3.28. The highest BCUT2D eigenvalue weighted by Crippen LogP contribution is 2.11. The minimum Gasteiger partial charge on any atom is -0.357 e. The molecule has 2 N–H and O–H groups in total. The molecule has 0 fully saturated rings. The first kappa shape index (κ1) is 23.3. The van der Waals surface area contributed by atoms with Crippen molar-refractivity contribution in [3.63, 3.8) is 0 Å². The highest BCUT2D eigenvalue weighted by Gasteiger charge is 2.03. The summed E-state index contributed by atoms with van der Waals surface area (Å²) in [5, 5.41) is 7.87. The van der Waals surface area contributed by atoms with Gasteiger partial charge in [-0.05, 0) is 31.9 Å². The third-order valence-corrected chi connectivity index (χ3v) is 5.30. The van der Waals surface area contributed by atoms with Gasteiger partial charge in [-0.25, -0.2) is 15.0 Å². The van der Waals surface area contributed by atoms with Crippen LogP contribution >= 0.6 is 35.3 Å². The first-order valence-electron chi connectivity index (χ1n) is 9.63. The van der Waals surface area contributed by atoms with E-state index in [0.29, 0.717) is 6.54 Å². The molecular weight excluding hydrogens is 495 g/mol. The van der Waals surface area contributed by atoms with Crippen LogP contribution in [0.5, 0.6) is 0 Å². The SMILES string of the molecule is CCNC(=NCc1cccc(Cn2ccnc2C)c1)NCCc1ncc(C)s1.I. The van der Waals surface area contributed by atoms with Gasteiger partial charge in [-0.1, -0.05) is 24.3 Å². The molecule has 0 amide bonds. The predicted molar refractivity (Wildman–Crippen MR) is 131 cm³/mol. The van der Waals surface area contributed by atoms with Gasteiger partial charge < -0.3 is 15.2 Å². The normalized spacial score (nSPS) is 11.2. The first-order valence-corrected chi connectivity index (χ1v) is 10.4. The maximum atomic E-state index is 4.73. The number of benzene rings is 1. The summed E-state index contributed by atoms with van der Waals surface area (Å²) < 4.78 is 2.15. The second-order valence-electron chi connectivity index (χ2n) is 6.66. The molecule has 0 atom stereocenters. The molecule has 0 aliphatic rings. The van der Waals surface area contributed by atoms with Gasteiger partial charge in [0.2, 0.25) is 0 Å². The van der Waals surface area contributed by atoms with Crippen molar-refractivity contribution in [1.82, 2.24) is 25.2 Å². The zero-order valence-electron chi connectivity index (χ0n) is 17.2. The van der Waals surface area contributed by atoms with E-state index in [2.05, 4.69) is 63.3 Å². The maximum Gasteiger partial charge on any atom is 0.191 e. The van der Waals surface area contributed by atoms with Crippen LogP contribution in [-0.2, 0) is 19.5 Å². The van der Waals surface area contributed by atoms with Gasteiger partial charge in [0.15, 0.2) is 5.96 Å². The van der Waals surface area contributed by atoms with Crippen LogP contribution < -0.4 is 10.6 Å². The molecule has 8 heteroatoms. The Labute approximate surface area is 193 Å².